The standard InChI is InChI=1S/C12H17ClN2S/c13-7-10-8-16-12(14-10)15-6-2-4-9-3-1-5-11(9)15/h8-9,11H,1-7H2. The molecule has 0 amide bonds. The van der Waals surface area contributed by atoms with Gasteiger partial charge in [0.25, 0.3) is 0 Å². The Morgan fingerprint density at radius 3 is 3.06 bits per heavy atom. The molecule has 1 saturated carbocycles. The van der Waals surface area contributed by atoms with Crippen molar-refractivity contribution >= 4 is 28.1 Å². The SMILES string of the molecule is ClCc1csc(N2CCCC3CCCC32)n1. The van der Waals surface area contributed by atoms with E-state index < -0.39 is 0 Å². The van der Waals surface area contributed by atoms with Gasteiger partial charge in [0.15, 0.2) is 5.13 Å². The lowest BCUT2D eigenvalue weighted by atomic mass is 9.92. The van der Waals surface area contributed by atoms with Crippen molar-refractivity contribution in [3.05, 3.63) is 11.1 Å². The predicted molar refractivity (Wildman–Crippen MR) is 69.4 cm³/mol. The second kappa shape index (κ2) is 4.53. The second-order valence-corrected chi connectivity index (χ2v) is 5.95. The summed E-state index contributed by atoms with van der Waals surface area (Å²) >= 11 is 7.58. The zero-order valence-electron chi connectivity index (χ0n) is 9.36. The Morgan fingerprint density at radius 2 is 2.25 bits per heavy atom. The number of alkyl halides is 1. The highest BCUT2D eigenvalue weighted by Gasteiger charge is 2.35. The number of hydrogen-bond acceptors (Lipinski definition) is 3. The van der Waals surface area contributed by atoms with Crippen LogP contribution in [0, 0.1) is 5.92 Å². The molecule has 0 aromatic carbocycles. The summed E-state index contributed by atoms with van der Waals surface area (Å²) in [6.45, 7) is 1.19. The molecule has 2 heterocycles. The fourth-order valence-electron chi connectivity index (χ4n) is 3.18. The van der Waals surface area contributed by atoms with E-state index in [0.29, 0.717) is 5.88 Å². The summed E-state index contributed by atoms with van der Waals surface area (Å²) in [6.07, 6.45) is 6.95. The summed E-state index contributed by atoms with van der Waals surface area (Å²) in [4.78, 5) is 7.17. The molecular weight excluding hydrogens is 240 g/mol. The lowest BCUT2D eigenvalue weighted by molar-refractivity contribution is 0.362. The summed E-state index contributed by atoms with van der Waals surface area (Å²) in [5.41, 5.74) is 1.03. The van der Waals surface area contributed by atoms with Crippen LogP contribution in [0.1, 0.15) is 37.8 Å². The molecule has 1 aromatic heterocycles. The van der Waals surface area contributed by atoms with E-state index >= 15 is 0 Å². The van der Waals surface area contributed by atoms with Crippen molar-refractivity contribution in [3.63, 3.8) is 0 Å². The zero-order valence-corrected chi connectivity index (χ0v) is 10.9. The van der Waals surface area contributed by atoms with Crippen molar-refractivity contribution in [2.75, 3.05) is 11.4 Å². The van der Waals surface area contributed by atoms with Crippen LogP contribution >= 0.6 is 22.9 Å². The summed E-state index contributed by atoms with van der Waals surface area (Å²) in [6, 6.07) is 0.767. The van der Waals surface area contributed by atoms with Gasteiger partial charge in [-0.2, -0.15) is 0 Å². The molecule has 0 radical (unpaired) electrons. The largest absolute Gasteiger partial charge is 0.345 e. The number of halogens is 1. The average molecular weight is 257 g/mol. The molecule has 1 saturated heterocycles. The number of fused-ring (bicyclic) bond motifs is 1. The lowest BCUT2D eigenvalue weighted by Gasteiger charge is -2.37. The highest BCUT2D eigenvalue weighted by atomic mass is 35.5. The van der Waals surface area contributed by atoms with Crippen molar-refractivity contribution in [2.24, 2.45) is 5.92 Å². The van der Waals surface area contributed by atoms with Gasteiger partial charge < -0.3 is 4.90 Å². The molecular formula is C12H17ClN2S. The van der Waals surface area contributed by atoms with E-state index in [2.05, 4.69) is 15.3 Å². The lowest BCUT2D eigenvalue weighted by Crippen LogP contribution is -2.42. The fourth-order valence-corrected chi connectivity index (χ4v) is 4.32. The van der Waals surface area contributed by atoms with Gasteiger partial charge in [-0.1, -0.05) is 6.42 Å². The van der Waals surface area contributed by atoms with Crippen LogP contribution in [0.3, 0.4) is 0 Å². The van der Waals surface area contributed by atoms with Crippen molar-refractivity contribution in [3.8, 4) is 0 Å². The van der Waals surface area contributed by atoms with E-state index in [0.717, 1.165) is 17.7 Å². The van der Waals surface area contributed by atoms with E-state index in [9.17, 15) is 0 Å². The minimum atomic E-state index is 0.540. The molecule has 0 spiro atoms. The molecule has 16 heavy (non-hydrogen) atoms. The molecule has 1 aliphatic carbocycles. The van der Waals surface area contributed by atoms with Gasteiger partial charge >= 0.3 is 0 Å². The summed E-state index contributed by atoms with van der Waals surface area (Å²) in [7, 11) is 0. The van der Waals surface area contributed by atoms with Crippen LogP contribution in [0.15, 0.2) is 5.38 Å². The van der Waals surface area contributed by atoms with Crippen LogP contribution in [0.2, 0.25) is 0 Å². The molecule has 3 rings (SSSR count). The monoisotopic (exact) mass is 256 g/mol. The Balaban J connectivity index is 1.82. The van der Waals surface area contributed by atoms with Gasteiger partial charge in [-0.25, -0.2) is 4.98 Å². The third-order valence-electron chi connectivity index (χ3n) is 3.92. The highest BCUT2D eigenvalue weighted by Crippen LogP contribution is 2.39. The number of hydrogen-bond donors (Lipinski definition) is 0. The maximum Gasteiger partial charge on any atom is 0.185 e. The normalized spacial score (nSPS) is 29.4. The van der Waals surface area contributed by atoms with Crippen LogP contribution in [-0.2, 0) is 5.88 Å². The topological polar surface area (TPSA) is 16.1 Å². The number of thiazole rings is 1. The maximum absolute atomic E-state index is 5.82. The molecule has 2 atom stereocenters. The summed E-state index contributed by atoms with van der Waals surface area (Å²) in [5.74, 6) is 1.47. The van der Waals surface area contributed by atoms with Crippen molar-refractivity contribution < 1.29 is 0 Å². The molecule has 2 aliphatic rings. The maximum atomic E-state index is 5.82. The first-order chi connectivity index (χ1) is 7.88. The minimum absolute atomic E-state index is 0.540. The van der Waals surface area contributed by atoms with Gasteiger partial charge in [-0.05, 0) is 31.6 Å². The third kappa shape index (κ3) is 1.84. The molecule has 2 nitrogen and oxygen atoms in total. The fraction of sp³-hybridized carbons (Fsp3) is 0.750. The van der Waals surface area contributed by atoms with Crippen molar-refractivity contribution in [1.29, 1.82) is 0 Å². The quantitative estimate of drug-likeness (QED) is 0.751. The molecule has 0 bridgehead atoms. The first-order valence-electron chi connectivity index (χ1n) is 6.15. The van der Waals surface area contributed by atoms with Crippen LogP contribution in [0.4, 0.5) is 5.13 Å². The average Bonchev–Trinajstić information content (AvgIpc) is 2.97. The van der Waals surface area contributed by atoms with Crippen LogP contribution in [0.5, 0.6) is 0 Å². The van der Waals surface area contributed by atoms with Crippen LogP contribution in [0.25, 0.3) is 0 Å². The van der Waals surface area contributed by atoms with Gasteiger partial charge in [-0.3, -0.25) is 0 Å². The Labute approximate surface area is 106 Å². The molecule has 0 N–H and O–H groups in total. The molecule has 2 unspecified atom stereocenters. The van der Waals surface area contributed by atoms with Gasteiger partial charge in [0.1, 0.15) is 0 Å². The molecule has 1 aromatic rings. The van der Waals surface area contributed by atoms with Gasteiger partial charge in [0.05, 0.1) is 11.6 Å². The van der Waals surface area contributed by atoms with Crippen molar-refractivity contribution in [1.82, 2.24) is 4.98 Å². The van der Waals surface area contributed by atoms with Gasteiger partial charge in [-0.15, -0.1) is 22.9 Å². The van der Waals surface area contributed by atoms with Crippen molar-refractivity contribution in [2.45, 2.75) is 44.0 Å². The van der Waals surface area contributed by atoms with Gasteiger partial charge in [0, 0.05) is 18.0 Å². The van der Waals surface area contributed by atoms with Gasteiger partial charge in [0.2, 0.25) is 0 Å². The minimum Gasteiger partial charge on any atom is -0.345 e. The molecule has 4 heteroatoms. The third-order valence-corrected chi connectivity index (χ3v) is 5.12. The van der Waals surface area contributed by atoms with E-state index in [-0.39, 0.29) is 0 Å². The number of rotatable bonds is 2. The number of piperidine rings is 1. The summed E-state index contributed by atoms with van der Waals surface area (Å²) < 4.78 is 0. The Morgan fingerprint density at radius 1 is 1.38 bits per heavy atom. The molecule has 88 valence electrons. The first-order valence-corrected chi connectivity index (χ1v) is 7.57. The molecule has 1 aliphatic heterocycles. The van der Waals surface area contributed by atoms with Crippen LogP contribution in [-0.4, -0.2) is 17.6 Å². The molecule has 2 fully saturated rings. The predicted octanol–water partition coefficient (Wildman–Crippen LogP) is 3.65. The number of nitrogens with zero attached hydrogens (tertiary/aromatic N) is 2. The Hall–Kier alpha value is -0.280. The van der Waals surface area contributed by atoms with E-state index in [1.807, 2.05) is 0 Å². The number of aromatic nitrogens is 1. The van der Waals surface area contributed by atoms with Crippen LogP contribution < -0.4 is 4.90 Å². The summed E-state index contributed by atoms with van der Waals surface area (Å²) in [5, 5.41) is 3.30. The highest BCUT2D eigenvalue weighted by molar-refractivity contribution is 7.13. The second-order valence-electron chi connectivity index (χ2n) is 4.85. The Kier molecular flexibility index (Phi) is 3.07. The smallest absolute Gasteiger partial charge is 0.185 e. The zero-order chi connectivity index (χ0) is 11.0. The van der Waals surface area contributed by atoms with E-state index in [1.54, 1.807) is 11.3 Å². The Bertz CT molecular complexity index is 366. The van der Waals surface area contributed by atoms with E-state index in [1.165, 1.54) is 43.8 Å². The van der Waals surface area contributed by atoms with E-state index in [4.69, 9.17) is 11.6 Å². The number of anilines is 1. The first kappa shape index (κ1) is 10.8.